The largest absolute Gasteiger partial charge is 0.282 e. The number of fused-ring (bicyclic) bond motifs is 1. The second-order valence-electron chi connectivity index (χ2n) is 6.52. The van der Waals surface area contributed by atoms with E-state index in [0.29, 0.717) is 5.82 Å². The molecule has 0 amide bonds. The monoisotopic (exact) mass is 350 g/mol. The van der Waals surface area contributed by atoms with Gasteiger partial charge in [-0.25, -0.2) is 9.97 Å². The van der Waals surface area contributed by atoms with Crippen molar-refractivity contribution >= 4 is 0 Å². The summed E-state index contributed by atoms with van der Waals surface area (Å²) in [5, 5.41) is 20.4. The van der Waals surface area contributed by atoms with Gasteiger partial charge in [0.05, 0.1) is 18.0 Å². The summed E-state index contributed by atoms with van der Waals surface area (Å²) in [6, 6.07) is 1.94. The number of aromatic amines is 1. The molecule has 4 aromatic heterocycles. The van der Waals surface area contributed by atoms with Crippen LogP contribution in [0.1, 0.15) is 29.7 Å². The molecule has 26 heavy (non-hydrogen) atoms. The Balaban J connectivity index is 1.63. The van der Waals surface area contributed by atoms with Gasteiger partial charge in [0.15, 0.2) is 11.6 Å². The number of nitrogens with zero attached hydrogens (tertiary/aromatic N) is 9. The summed E-state index contributed by atoms with van der Waals surface area (Å²) in [4.78, 5) is 9.26. The first-order valence-electron chi connectivity index (χ1n) is 8.53. The molecule has 5 heterocycles. The van der Waals surface area contributed by atoms with Crippen LogP contribution in [0.2, 0.25) is 0 Å². The van der Waals surface area contributed by atoms with Gasteiger partial charge >= 0.3 is 0 Å². The number of rotatable bonds is 3. The zero-order valence-corrected chi connectivity index (χ0v) is 14.5. The van der Waals surface area contributed by atoms with Gasteiger partial charge in [-0.3, -0.25) is 14.5 Å². The molecule has 0 fully saturated rings. The van der Waals surface area contributed by atoms with Crippen LogP contribution in [0.5, 0.6) is 0 Å². The molecule has 0 spiro atoms. The van der Waals surface area contributed by atoms with Crippen molar-refractivity contribution in [3.8, 4) is 17.2 Å². The summed E-state index contributed by atoms with van der Waals surface area (Å²) < 4.78 is 5.66. The fourth-order valence-corrected chi connectivity index (χ4v) is 3.48. The van der Waals surface area contributed by atoms with E-state index < -0.39 is 0 Å². The fraction of sp³-hybridized carbons (Fsp3) is 0.375. The molecule has 10 heteroatoms. The highest BCUT2D eigenvalue weighted by atomic mass is 15.4. The van der Waals surface area contributed by atoms with Gasteiger partial charge in [0.25, 0.3) is 0 Å². The SMILES string of the molecule is Cc1[nH]ncc1-c1nc(C2CCn3ncnc3C2)n(-c2ccnn2C)n1. The first-order chi connectivity index (χ1) is 12.7. The first-order valence-corrected chi connectivity index (χ1v) is 8.53. The number of hydrogen-bond acceptors (Lipinski definition) is 6. The summed E-state index contributed by atoms with van der Waals surface area (Å²) in [7, 11) is 1.90. The Kier molecular flexibility index (Phi) is 3.24. The fourth-order valence-electron chi connectivity index (χ4n) is 3.48. The van der Waals surface area contributed by atoms with Crippen LogP contribution in [-0.4, -0.2) is 49.5 Å². The summed E-state index contributed by atoms with van der Waals surface area (Å²) in [6.45, 7) is 2.80. The summed E-state index contributed by atoms with van der Waals surface area (Å²) in [6.07, 6.45) is 6.88. The Bertz CT molecular complexity index is 1060. The predicted octanol–water partition coefficient (Wildman–Crippen LogP) is 1.02. The Hall–Kier alpha value is -3.30. The molecule has 0 bridgehead atoms. The minimum atomic E-state index is 0.218. The quantitative estimate of drug-likeness (QED) is 0.591. The molecule has 1 aliphatic rings. The predicted molar refractivity (Wildman–Crippen MR) is 91.5 cm³/mol. The molecule has 1 aliphatic heterocycles. The second-order valence-corrected chi connectivity index (χ2v) is 6.52. The Morgan fingerprint density at radius 1 is 1.27 bits per heavy atom. The van der Waals surface area contributed by atoms with Gasteiger partial charge in [-0.05, 0) is 13.3 Å². The van der Waals surface area contributed by atoms with Gasteiger partial charge < -0.3 is 0 Å². The molecule has 10 nitrogen and oxygen atoms in total. The highest BCUT2D eigenvalue weighted by Gasteiger charge is 2.28. The lowest BCUT2D eigenvalue weighted by Gasteiger charge is -2.21. The van der Waals surface area contributed by atoms with Crippen molar-refractivity contribution in [1.29, 1.82) is 0 Å². The molecule has 0 aromatic carbocycles. The number of hydrogen-bond donors (Lipinski definition) is 1. The minimum absolute atomic E-state index is 0.218. The first kappa shape index (κ1) is 15.0. The minimum Gasteiger partial charge on any atom is -0.282 e. The summed E-state index contributed by atoms with van der Waals surface area (Å²) in [5.41, 5.74) is 1.85. The molecule has 132 valence electrons. The van der Waals surface area contributed by atoms with Gasteiger partial charge in [-0.2, -0.15) is 20.0 Å². The van der Waals surface area contributed by atoms with E-state index in [0.717, 1.165) is 48.1 Å². The lowest BCUT2D eigenvalue weighted by atomic mass is 9.97. The van der Waals surface area contributed by atoms with Crippen LogP contribution in [0.4, 0.5) is 0 Å². The van der Waals surface area contributed by atoms with E-state index in [1.807, 2.05) is 29.4 Å². The number of aryl methyl sites for hydroxylation is 3. The summed E-state index contributed by atoms with van der Waals surface area (Å²) in [5.74, 6) is 3.67. The molecular formula is C16H18N10. The average Bonchev–Trinajstić information content (AvgIpc) is 3.39. The van der Waals surface area contributed by atoms with Crippen LogP contribution in [0.15, 0.2) is 24.8 Å². The molecule has 5 rings (SSSR count). The lowest BCUT2D eigenvalue weighted by molar-refractivity contribution is 0.416. The highest BCUT2D eigenvalue weighted by molar-refractivity contribution is 5.56. The smallest absolute Gasteiger partial charge is 0.185 e. The maximum absolute atomic E-state index is 4.88. The normalized spacial score (nSPS) is 16.8. The topological polar surface area (TPSA) is 108 Å². The van der Waals surface area contributed by atoms with Gasteiger partial charge in [-0.1, -0.05) is 0 Å². The van der Waals surface area contributed by atoms with E-state index in [1.54, 1.807) is 23.4 Å². The van der Waals surface area contributed by atoms with Gasteiger partial charge in [0.2, 0.25) is 0 Å². The zero-order chi connectivity index (χ0) is 17.7. The van der Waals surface area contributed by atoms with Crippen LogP contribution >= 0.6 is 0 Å². The van der Waals surface area contributed by atoms with Gasteiger partial charge in [0.1, 0.15) is 18.0 Å². The molecule has 1 N–H and O–H groups in total. The Morgan fingerprint density at radius 2 is 2.19 bits per heavy atom. The third kappa shape index (κ3) is 2.25. The van der Waals surface area contributed by atoms with Gasteiger partial charge in [-0.15, -0.1) is 5.10 Å². The van der Waals surface area contributed by atoms with Crippen LogP contribution in [-0.2, 0) is 20.0 Å². The Labute approximate surface area is 148 Å². The van der Waals surface area contributed by atoms with Crippen LogP contribution < -0.4 is 0 Å². The van der Waals surface area contributed by atoms with Crippen LogP contribution in [0.3, 0.4) is 0 Å². The summed E-state index contributed by atoms with van der Waals surface area (Å²) >= 11 is 0. The van der Waals surface area contributed by atoms with Crippen LogP contribution in [0.25, 0.3) is 17.2 Å². The standard InChI is InChI=1S/C16H18N10/c1-10-12(8-18-22-10)15-21-16(26(23-15)14-3-5-19-24(14)2)11-4-6-25-13(7-11)17-9-20-25/h3,5,8-9,11H,4,6-7H2,1-2H3,(H,18,22). The molecule has 1 atom stereocenters. The van der Waals surface area contributed by atoms with Crippen molar-refractivity contribution in [2.45, 2.75) is 32.2 Å². The average molecular weight is 350 g/mol. The number of nitrogens with one attached hydrogen (secondary N) is 1. The van der Waals surface area contributed by atoms with E-state index in [1.165, 1.54) is 0 Å². The number of aromatic nitrogens is 10. The van der Waals surface area contributed by atoms with E-state index in [4.69, 9.17) is 10.1 Å². The molecular weight excluding hydrogens is 332 g/mol. The van der Waals surface area contributed by atoms with E-state index >= 15 is 0 Å². The molecule has 1 unspecified atom stereocenters. The number of H-pyrrole nitrogens is 1. The van der Waals surface area contributed by atoms with Gasteiger partial charge in [0, 0.05) is 37.7 Å². The Morgan fingerprint density at radius 3 is 2.96 bits per heavy atom. The van der Waals surface area contributed by atoms with E-state index in [2.05, 4.69) is 25.4 Å². The van der Waals surface area contributed by atoms with Crippen LogP contribution in [0, 0.1) is 6.92 Å². The maximum atomic E-state index is 4.88. The van der Waals surface area contributed by atoms with Crippen molar-refractivity contribution in [3.63, 3.8) is 0 Å². The molecule has 0 radical (unpaired) electrons. The van der Waals surface area contributed by atoms with Crippen molar-refractivity contribution in [3.05, 3.63) is 42.1 Å². The van der Waals surface area contributed by atoms with Crippen molar-refractivity contribution in [2.75, 3.05) is 0 Å². The third-order valence-electron chi connectivity index (χ3n) is 4.89. The van der Waals surface area contributed by atoms with E-state index in [9.17, 15) is 0 Å². The van der Waals surface area contributed by atoms with Crippen molar-refractivity contribution in [1.82, 2.24) is 49.5 Å². The maximum Gasteiger partial charge on any atom is 0.185 e. The lowest BCUT2D eigenvalue weighted by Crippen LogP contribution is -2.22. The van der Waals surface area contributed by atoms with Crippen molar-refractivity contribution < 1.29 is 0 Å². The van der Waals surface area contributed by atoms with Crippen molar-refractivity contribution in [2.24, 2.45) is 7.05 Å². The second kappa shape index (κ2) is 5.61. The highest BCUT2D eigenvalue weighted by Crippen LogP contribution is 2.30. The molecule has 0 saturated heterocycles. The molecule has 0 saturated carbocycles. The molecule has 0 aliphatic carbocycles. The van der Waals surface area contributed by atoms with E-state index in [-0.39, 0.29) is 5.92 Å². The zero-order valence-electron chi connectivity index (χ0n) is 14.5. The third-order valence-corrected chi connectivity index (χ3v) is 4.89. The molecule has 4 aromatic rings.